The third-order valence-corrected chi connectivity index (χ3v) is 4.61. The first-order chi connectivity index (χ1) is 14.8. The normalized spacial score (nSPS) is 13.1. The Morgan fingerprint density at radius 2 is 2.03 bits per heavy atom. The highest BCUT2D eigenvalue weighted by Crippen LogP contribution is 2.22. The molecule has 1 aromatic heterocycles. The van der Waals surface area contributed by atoms with Crippen LogP contribution in [0.5, 0.6) is 0 Å². The van der Waals surface area contributed by atoms with Gasteiger partial charge in [-0.1, -0.05) is 12.1 Å². The Morgan fingerprint density at radius 3 is 2.68 bits per heavy atom. The van der Waals surface area contributed by atoms with E-state index in [0.717, 1.165) is 0 Å². The maximum absolute atomic E-state index is 14.0. The first-order valence-corrected chi connectivity index (χ1v) is 10.2. The van der Waals surface area contributed by atoms with Crippen LogP contribution in [0.2, 0.25) is 0 Å². The zero-order chi connectivity index (χ0) is 23.0. The monoisotopic (exact) mass is 433 g/mol. The van der Waals surface area contributed by atoms with E-state index in [-0.39, 0.29) is 25.9 Å². The van der Waals surface area contributed by atoms with E-state index in [1.54, 1.807) is 39.1 Å². The minimum Gasteiger partial charge on any atom is -0.461 e. The van der Waals surface area contributed by atoms with Gasteiger partial charge in [0.05, 0.1) is 17.8 Å². The molecule has 0 spiro atoms. The zero-order valence-electron chi connectivity index (χ0n) is 17.9. The molecule has 0 unspecified atom stereocenters. The van der Waals surface area contributed by atoms with Crippen molar-refractivity contribution in [1.82, 2.24) is 10.3 Å². The van der Waals surface area contributed by atoms with Crippen LogP contribution in [0.25, 0.3) is 10.9 Å². The lowest BCUT2D eigenvalue weighted by Crippen LogP contribution is -2.48. The Balaban J connectivity index is 2.17. The van der Waals surface area contributed by atoms with Crippen LogP contribution < -0.4 is 5.32 Å². The van der Waals surface area contributed by atoms with Crippen LogP contribution in [-0.2, 0) is 30.3 Å². The van der Waals surface area contributed by atoms with Gasteiger partial charge in [-0.05, 0) is 38.8 Å². The number of esters is 1. The molecule has 0 bridgehead atoms. The Labute approximate surface area is 180 Å². The standard InChI is InChI=1S/C22H28FN3O5/c1-4-30-19(10-14-12-25-20-16(14)6-5-7-17(20)23)21(28)26-18(9-8-15(27)11-24)22(29)31-13(2)3/h5-7,11-13,18-19,24-25H,4,8-10H2,1-3H3,(H,26,28)/t18-,19-/m0/s1. The number of benzene rings is 1. The number of carbonyl (C=O) groups is 3. The summed E-state index contributed by atoms with van der Waals surface area (Å²) in [7, 11) is 0. The zero-order valence-corrected chi connectivity index (χ0v) is 17.9. The van der Waals surface area contributed by atoms with Gasteiger partial charge in [-0.15, -0.1) is 0 Å². The predicted molar refractivity (Wildman–Crippen MR) is 114 cm³/mol. The fourth-order valence-electron chi connectivity index (χ4n) is 3.16. The minimum absolute atomic E-state index is 0.00263. The second kappa shape index (κ2) is 11.4. The van der Waals surface area contributed by atoms with Gasteiger partial charge in [-0.3, -0.25) is 9.59 Å². The first-order valence-electron chi connectivity index (χ1n) is 10.2. The van der Waals surface area contributed by atoms with Gasteiger partial charge < -0.3 is 25.2 Å². The van der Waals surface area contributed by atoms with Gasteiger partial charge in [-0.2, -0.15) is 0 Å². The highest BCUT2D eigenvalue weighted by Gasteiger charge is 2.28. The molecule has 1 amide bonds. The van der Waals surface area contributed by atoms with Crippen molar-refractivity contribution in [3.05, 3.63) is 35.8 Å². The maximum Gasteiger partial charge on any atom is 0.328 e. The summed E-state index contributed by atoms with van der Waals surface area (Å²) in [6.45, 7) is 5.35. The molecule has 0 saturated heterocycles. The number of carbonyl (C=O) groups excluding carboxylic acids is 3. The van der Waals surface area contributed by atoms with Crippen molar-refractivity contribution >= 4 is 34.8 Å². The smallest absolute Gasteiger partial charge is 0.328 e. The predicted octanol–water partition coefficient (Wildman–Crippen LogP) is 2.69. The lowest BCUT2D eigenvalue weighted by Gasteiger charge is -2.22. The van der Waals surface area contributed by atoms with Gasteiger partial charge in [-0.25, -0.2) is 9.18 Å². The molecule has 0 aliphatic heterocycles. The van der Waals surface area contributed by atoms with Crippen molar-refractivity contribution < 1.29 is 28.2 Å². The number of aromatic nitrogens is 1. The molecule has 1 aromatic carbocycles. The van der Waals surface area contributed by atoms with Crippen molar-refractivity contribution in [3.63, 3.8) is 0 Å². The van der Waals surface area contributed by atoms with Gasteiger partial charge in [0.15, 0.2) is 5.78 Å². The summed E-state index contributed by atoms with van der Waals surface area (Å²) in [5.74, 6) is -2.06. The van der Waals surface area contributed by atoms with E-state index in [2.05, 4.69) is 10.3 Å². The molecule has 2 atom stereocenters. The number of H-pyrrole nitrogens is 1. The topological polar surface area (TPSA) is 121 Å². The van der Waals surface area contributed by atoms with Crippen molar-refractivity contribution in [1.29, 1.82) is 5.41 Å². The Hall–Kier alpha value is -3.07. The number of fused-ring (bicyclic) bond motifs is 1. The number of aromatic amines is 1. The summed E-state index contributed by atoms with van der Waals surface area (Å²) in [5, 5.41) is 10.3. The second-order valence-corrected chi connectivity index (χ2v) is 7.32. The largest absolute Gasteiger partial charge is 0.461 e. The molecule has 168 valence electrons. The SMILES string of the molecule is CCO[C@@H](Cc1c[nH]c2c(F)cccc12)C(=O)N[C@@H](CCC(=O)C=N)C(=O)OC(C)C. The van der Waals surface area contributed by atoms with Gasteiger partial charge >= 0.3 is 5.97 Å². The fourth-order valence-corrected chi connectivity index (χ4v) is 3.16. The van der Waals surface area contributed by atoms with Crippen molar-refractivity contribution in [2.75, 3.05) is 6.61 Å². The van der Waals surface area contributed by atoms with E-state index in [1.165, 1.54) is 6.07 Å². The number of hydrogen-bond acceptors (Lipinski definition) is 6. The van der Waals surface area contributed by atoms with Crippen LogP contribution >= 0.6 is 0 Å². The lowest BCUT2D eigenvalue weighted by molar-refractivity contribution is -0.153. The highest BCUT2D eigenvalue weighted by molar-refractivity contribution is 6.26. The van der Waals surface area contributed by atoms with Crippen molar-refractivity contribution in [2.45, 2.75) is 58.3 Å². The molecule has 3 N–H and O–H groups in total. The van der Waals surface area contributed by atoms with E-state index >= 15 is 0 Å². The Bertz CT molecular complexity index is 940. The van der Waals surface area contributed by atoms with Crippen LogP contribution in [0.3, 0.4) is 0 Å². The number of nitrogens with one attached hydrogen (secondary N) is 3. The van der Waals surface area contributed by atoms with Crippen LogP contribution in [0, 0.1) is 11.2 Å². The summed E-state index contributed by atoms with van der Waals surface area (Å²) in [6.07, 6.45) is 1.06. The minimum atomic E-state index is -1.05. The molecule has 0 fully saturated rings. The average molecular weight is 433 g/mol. The molecule has 31 heavy (non-hydrogen) atoms. The van der Waals surface area contributed by atoms with E-state index in [4.69, 9.17) is 14.9 Å². The van der Waals surface area contributed by atoms with Crippen molar-refractivity contribution in [2.24, 2.45) is 0 Å². The molecule has 1 heterocycles. The first kappa shape index (κ1) is 24.2. The molecule has 2 aromatic rings. The number of ether oxygens (including phenoxy) is 2. The molecular weight excluding hydrogens is 405 g/mol. The van der Waals surface area contributed by atoms with Crippen LogP contribution in [0.15, 0.2) is 24.4 Å². The number of amides is 1. The summed E-state index contributed by atoms with van der Waals surface area (Å²) in [4.78, 5) is 39.7. The Kier molecular flexibility index (Phi) is 8.87. The van der Waals surface area contributed by atoms with E-state index in [1.807, 2.05) is 0 Å². The molecule has 0 saturated carbocycles. The molecule has 2 rings (SSSR count). The maximum atomic E-state index is 14.0. The summed E-state index contributed by atoms with van der Waals surface area (Å²) in [6, 6.07) is 3.62. The second-order valence-electron chi connectivity index (χ2n) is 7.32. The van der Waals surface area contributed by atoms with Crippen LogP contribution in [0.4, 0.5) is 4.39 Å². The third-order valence-electron chi connectivity index (χ3n) is 4.61. The van der Waals surface area contributed by atoms with Gasteiger partial charge in [0.1, 0.15) is 18.0 Å². The third kappa shape index (κ3) is 6.71. The number of hydrogen-bond donors (Lipinski definition) is 3. The molecule has 0 aliphatic carbocycles. The highest BCUT2D eigenvalue weighted by atomic mass is 19.1. The Morgan fingerprint density at radius 1 is 1.29 bits per heavy atom. The number of para-hydroxylation sites is 1. The number of Topliss-reactive ketones (excluding diaryl/α,β-unsaturated/α-hetero) is 1. The molecule has 9 heteroatoms. The average Bonchev–Trinajstić information content (AvgIpc) is 3.13. The lowest BCUT2D eigenvalue weighted by atomic mass is 10.0. The summed E-state index contributed by atoms with van der Waals surface area (Å²) in [5.41, 5.74) is 1.04. The van der Waals surface area contributed by atoms with E-state index in [9.17, 15) is 18.8 Å². The number of ketones is 1. The molecular formula is C22H28FN3O5. The van der Waals surface area contributed by atoms with Gasteiger partial charge in [0.2, 0.25) is 5.91 Å². The molecule has 0 aliphatic rings. The summed E-state index contributed by atoms with van der Waals surface area (Å²) < 4.78 is 24.7. The quantitative estimate of drug-likeness (QED) is 0.351. The number of rotatable bonds is 12. The van der Waals surface area contributed by atoms with E-state index in [0.29, 0.717) is 22.7 Å². The van der Waals surface area contributed by atoms with E-state index < -0.39 is 41.7 Å². The van der Waals surface area contributed by atoms with Crippen LogP contribution in [-0.4, -0.2) is 53.7 Å². The molecule has 0 radical (unpaired) electrons. The number of halogens is 1. The summed E-state index contributed by atoms with van der Waals surface area (Å²) >= 11 is 0. The molecule has 8 nitrogen and oxygen atoms in total. The van der Waals surface area contributed by atoms with Gasteiger partial charge in [0, 0.05) is 31.0 Å². The van der Waals surface area contributed by atoms with Crippen molar-refractivity contribution in [3.8, 4) is 0 Å². The fraction of sp³-hybridized carbons (Fsp3) is 0.455. The van der Waals surface area contributed by atoms with Crippen LogP contribution in [0.1, 0.15) is 39.2 Å². The van der Waals surface area contributed by atoms with Gasteiger partial charge in [0.25, 0.3) is 0 Å².